The van der Waals surface area contributed by atoms with Crippen molar-refractivity contribution in [3.8, 4) is 16.9 Å². The number of ether oxygens (including phenoxy) is 2. The highest BCUT2D eigenvalue weighted by molar-refractivity contribution is 6.63. The highest BCUT2D eigenvalue weighted by Crippen LogP contribution is 2.38. The van der Waals surface area contributed by atoms with Crippen molar-refractivity contribution >= 4 is 12.6 Å². The Hall–Kier alpha value is -1.90. The third-order valence-corrected chi connectivity index (χ3v) is 5.74. The smallest absolute Gasteiger partial charge is 0.494 e. The largest absolute Gasteiger partial charge is 0.498 e. The van der Waals surface area contributed by atoms with Crippen molar-refractivity contribution in [3.05, 3.63) is 29.8 Å². The highest BCUT2D eigenvalue weighted by Gasteiger charge is 2.52. The van der Waals surface area contributed by atoms with Gasteiger partial charge in [0, 0.05) is 29.4 Å². The number of hydrogen-bond donors (Lipinski definition) is 0. The van der Waals surface area contributed by atoms with Gasteiger partial charge >= 0.3 is 7.12 Å². The summed E-state index contributed by atoms with van der Waals surface area (Å²) in [7, 11) is 2.39. The maximum absolute atomic E-state index is 15.4. The molecule has 1 aromatic carbocycles. The number of benzene rings is 1. The van der Waals surface area contributed by atoms with E-state index >= 15 is 4.39 Å². The molecule has 0 saturated carbocycles. The number of methoxy groups -OCH3 is 2. The summed E-state index contributed by atoms with van der Waals surface area (Å²) in [6, 6.07) is 3.52. The van der Waals surface area contributed by atoms with Gasteiger partial charge in [-0.15, -0.1) is 0 Å². The zero-order valence-corrected chi connectivity index (χ0v) is 17.6. The molecule has 8 heteroatoms. The van der Waals surface area contributed by atoms with E-state index in [-0.39, 0.29) is 5.75 Å². The van der Waals surface area contributed by atoms with Gasteiger partial charge < -0.3 is 18.8 Å². The van der Waals surface area contributed by atoms with Crippen LogP contribution in [0.25, 0.3) is 11.1 Å². The van der Waals surface area contributed by atoms with Gasteiger partial charge in [0.25, 0.3) is 0 Å². The summed E-state index contributed by atoms with van der Waals surface area (Å²) < 4.78 is 39.8. The molecule has 1 aromatic heterocycles. The van der Waals surface area contributed by atoms with Crippen molar-refractivity contribution in [1.82, 2.24) is 9.78 Å². The summed E-state index contributed by atoms with van der Waals surface area (Å²) in [5.74, 6) is -0.329. The van der Waals surface area contributed by atoms with Gasteiger partial charge in [-0.05, 0) is 34.6 Å². The van der Waals surface area contributed by atoms with Crippen molar-refractivity contribution in [2.45, 2.75) is 52.4 Å². The molecule has 3 rings (SSSR count). The minimum Gasteiger partial charge on any atom is -0.494 e. The number of rotatable bonds is 6. The van der Waals surface area contributed by atoms with Crippen LogP contribution in [0.4, 0.5) is 4.39 Å². The second kappa shape index (κ2) is 7.50. The van der Waals surface area contributed by atoms with Crippen LogP contribution in [0.2, 0.25) is 0 Å². The van der Waals surface area contributed by atoms with Crippen LogP contribution in [0.1, 0.15) is 33.4 Å². The van der Waals surface area contributed by atoms with Crippen LogP contribution in [0.3, 0.4) is 0 Å². The van der Waals surface area contributed by atoms with Crippen LogP contribution in [0.5, 0.6) is 5.75 Å². The van der Waals surface area contributed by atoms with Gasteiger partial charge in [0.05, 0.1) is 37.7 Å². The standard InChI is InChI=1S/C20H28BFN2O4/c1-13-15(12-23-24(13)10-11-25-6)14-8-9-16(18(26-7)17(14)22)21-27-19(2,3)20(4,5)28-21/h8-9,12H,10-11H2,1-7H3. The molecule has 0 aliphatic carbocycles. The summed E-state index contributed by atoms with van der Waals surface area (Å²) in [5.41, 5.74) is 1.51. The molecular formula is C20H28BFN2O4. The zero-order chi connectivity index (χ0) is 20.7. The molecule has 2 heterocycles. The Kier molecular flexibility index (Phi) is 5.58. The second-order valence-corrected chi connectivity index (χ2v) is 8.00. The molecule has 6 nitrogen and oxygen atoms in total. The van der Waals surface area contributed by atoms with Gasteiger partial charge in [-0.1, -0.05) is 12.1 Å². The van der Waals surface area contributed by atoms with Crippen LogP contribution in [-0.4, -0.2) is 48.9 Å². The predicted molar refractivity (Wildman–Crippen MR) is 107 cm³/mol. The fourth-order valence-electron chi connectivity index (χ4n) is 3.26. The van der Waals surface area contributed by atoms with Gasteiger partial charge in [-0.3, -0.25) is 4.68 Å². The van der Waals surface area contributed by atoms with E-state index in [1.165, 1.54) is 7.11 Å². The van der Waals surface area contributed by atoms with Crippen LogP contribution in [0.15, 0.2) is 18.3 Å². The van der Waals surface area contributed by atoms with E-state index < -0.39 is 24.1 Å². The normalized spacial score (nSPS) is 17.9. The van der Waals surface area contributed by atoms with E-state index in [0.717, 1.165) is 5.69 Å². The van der Waals surface area contributed by atoms with E-state index in [4.69, 9.17) is 18.8 Å². The molecule has 1 saturated heterocycles. The van der Waals surface area contributed by atoms with Crippen LogP contribution < -0.4 is 10.2 Å². The summed E-state index contributed by atoms with van der Waals surface area (Å²) in [6.07, 6.45) is 1.66. The van der Waals surface area contributed by atoms with E-state index in [1.54, 1.807) is 30.1 Å². The van der Waals surface area contributed by atoms with Gasteiger partial charge in [0.15, 0.2) is 11.6 Å². The molecule has 1 aliphatic rings. The Morgan fingerprint density at radius 3 is 2.32 bits per heavy atom. The zero-order valence-electron chi connectivity index (χ0n) is 17.6. The highest BCUT2D eigenvalue weighted by atomic mass is 19.1. The lowest BCUT2D eigenvalue weighted by atomic mass is 9.77. The molecule has 152 valence electrons. The van der Waals surface area contributed by atoms with Gasteiger partial charge in [-0.2, -0.15) is 5.10 Å². The van der Waals surface area contributed by atoms with E-state index in [2.05, 4.69) is 5.10 Å². The second-order valence-electron chi connectivity index (χ2n) is 8.00. The maximum atomic E-state index is 15.4. The summed E-state index contributed by atoms with van der Waals surface area (Å²) in [6.45, 7) is 10.9. The first kappa shape index (κ1) is 20.8. The molecular weight excluding hydrogens is 362 g/mol. The Bertz CT molecular complexity index is 850. The number of hydrogen-bond acceptors (Lipinski definition) is 5. The Labute approximate surface area is 166 Å². The predicted octanol–water partition coefficient (Wildman–Crippen LogP) is 2.95. The first-order valence-corrected chi connectivity index (χ1v) is 9.36. The topological polar surface area (TPSA) is 54.7 Å². The fraction of sp³-hybridized carbons (Fsp3) is 0.550. The maximum Gasteiger partial charge on any atom is 0.498 e. The number of aromatic nitrogens is 2. The van der Waals surface area contributed by atoms with E-state index in [1.807, 2.05) is 34.6 Å². The third-order valence-electron chi connectivity index (χ3n) is 5.74. The Morgan fingerprint density at radius 1 is 1.11 bits per heavy atom. The van der Waals surface area contributed by atoms with Crippen LogP contribution >= 0.6 is 0 Å². The summed E-state index contributed by atoms with van der Waals surface area (Å²) in [5, 5.41) is 4.34. The molecule has 0 N–H and O–H groups in total. The SMILES string of the molecule is COCCn1ncc(-c2ccc(B3OC(C)(C)C(C)(C)O3)c(OC)c2F)c1C. The van der Waals surface area contributed by atoms with Crippen molar-refractivity contribution in [2.75, 3.05) is 20.8 Å². The molecule has 0 amide bonds. The minimum absolute atomic E-state index is 0.125. The lowest BCUT2D eigenvalue weighted by Crippen LogP contribution is -2.41. The molecule has 0 atom stereocenters. The van der Waals surface area contributed by atoms with Gasteiger partial charge in [0.1, 0.15) is 0 Å². The van der Waals surface area contributed by atoms with Crippen molar-refractivity contribution < 1.29 is 23.2 Å². The first-order valence-electron chi connectivity index (χ1n) is 9.36. The molecule has 0 unspecified atom stereocenters. The number of nitrogens with zero attached hydrogens (tertiary/aromatic N) is 2. The molecule has 1 aliphatic heterocycles. The van der Waals surface area contributed by atoms with Crippen molar-refractivity contribution in [2.24, 2.45) is 0 Å². The fourth-order valence-corrected chi connectivity index (χ4v) is 3.26. The Balaban J connectivity index is 1.99. The molecule has 0 bridgehead atoms. The van der Waals surface area contributed by atoms with Crippen molar-refractivity contribution in [3.63, 3.8) is 0 Å². The molecule has 28 heavy (non-hydrogen) atoms. The van der Waals surface area contributed by atoms with Crippen molar-refractivity contribution in [1.29, 1.82) is 0 Å². The quantitative estimate of drug-likeness (QED) is 0.710. The average Bonchev–Trinajstić information content (AvgIpc) is 3.08. The molecule has 0 radical (unpaired) electrons. The first-order chi connectivity index (χ1) is 13.1. The van der Waals surface area contributed by atoms with Crippen LogP contribution in [-0.2, 0) is 20.6 Å². The Morgan fingerprint density at radius 2 is 1.75 bits per heavy atom. The lowest BCUT2D eigenvalue weighted by Gasteiger charge is -2.32. The lowest BCUT2D eigenvalue weighted by molar-refractivity contribution is 0.00578. The summed E-state index contributed by atoms with van der Waals surface area (Å²) >= 11 is 0. The molecule has 1 fully saturated rings. The van der Waals surface area contributed by atoms with E-state index in [9.17, 15) is 0 Å². The monoisotopic (exact) mass is 390 g/mol. The molecule has 2 aromatic rings. The van der Waals surface area contributed by atoms with E-state index in [0.29, 0.717) is 29.7 Å². The average molecular weight is 390 g/mol. The summed E-state index contributed by atoms with van der Waals surface area (Å²) in [4.78, 5) is 0. The van der Waals surface area contributed by atoms with Gasteiger partial charge in [-0.25, -0.2) is 4.39 Å². The third kappa shape index (κ3) is 3.45. The van der Waals surface area contributed by atoms with Crippen LogP contribution in [0, 0.1) is 12.7 Å². The minimum atomic E-state index is -0.700. The van der Waals surface area contributed by atoms with Gasteiger partial charge in [0.2, 0.25) is 0 Å². The molecule has 0 spiro atoms. The number of halogens is 1.